The molecule has 184 valence electrons. The second kappa shape index (κ2) is 9.14. The summed E-state index contributed by atoms with van der Waals surface area (Å²) in [7, 11) is 0. The van der Waals surface area contributed by atoms with E-state index in [0.29, 0.717) is 0 Å². The predicted molar refractivity (Wildman–Crippen MR) is 146 cm³/mol. The summed E-state index contributed by atoms with van der Waals surface area (Å²) in [6, 6.07) is 19.8. The number of aromatic nitrogens is 4. The number of benzene rings is 2. The number of hydrogen-bond donors (Lipinski definition) is 3. The number of fused-ring (bicyclic) bond motifs is 2. The Balaban J connectivity index is 1.26. The Kier molecular flexibility index (Phi) is 5.48. The average molecular weight is 510 g/mol. The molecule has 0 bridgehead atoms. The average Bonchev–Trinajstić information content (AvgIpc) is 3.66. The fraction of sp³-hybridized carbons (Fsp3) is 0.172. The van der Waals surface area contributed by atoms with Gasteiger partial charge in [0.05, 0.1) is 17.4 Å². The third-order valence-electron chi connectivity index (χ3n) is 6.96. The SMILES string of the molecule is Fc1ccc(-c2cccc3[nH]c(-c4n[nH]c5ccc(-c6cncc(OC7CCNCC7)c6)cc45)cc23)s1. The summed E-state index contributed by atoms with van der Waals surface area (Å²) >= 11 is 1.15. The van der Waals surface area contributed by atoms with Gasteiger partial charge in [0.2, 0.25) is 0 Å². The first-order chi connectivity index (χ1) is 18.2. The molecule has 8 heteroatoms. The fourth-order valence-corrected chi connectivity index (χ4v) is 5.87. The van der Waals surface area contributed by atoms with Crippen LogP contribution in [0.2, 0.25) is 0 Å². The zero-order chi connectivity index (χ0) is 24.8. The zero-order valence-corrected chi connectivity index (χ0v) is 20.7. The van der Waals surface area contributed by atoms with Gasteiger partial charge in [-0.3, -0.25) is 10.1 Å². The van der Waals surface area contributed by atoms with Gasteiger partial charge in [0.15, 0.2) is 5.13 Å². The third kappa shape index (κ3) is 4.18. The van der Waals surface area contributed by atoms with Crippen LogP contribution in [0.3, 0.4) is 0 Å². The molecule has 0 aliphatic carbocycles. The summed E-state index contributed by atoms with van der Waals surface area (Å²) in [5.41, 5.74) is 6.73. The van der Waals surface area contributed by atoms with Crippen LogP contribution in [0, 0.1) is 5.13 Å². The maximum atomic E-state index is 13.7. The van der Waals surface area contributed by atoms with Crippen LogP contribution in [0.15, 0.2) is 73.1 Å². The van der Waals surface area contributed by atoms with E-state index in [0.717, 1.165) is 97.8 Å². The van der Waals surface area contributed by atoms with Crippen LogP contribution >= 0.6 is 11.3 Å². The molecule has 5 heterocycles. The molecule has 0 radical (unpaired) electrons. The van der Waals surface area contributed by atoms with Crippen LogP contribution in [-0.4, -0.2) is 39.4 Å². The van der Waals surface area contributed by atoms with E-state index in [2.05, 4.69) is 49.7 Å². The van der Waals surface area contributed by atoms with Crippen molar-refractivity contribution in [1.82, 2.24) is 25.5 Å². The van der Waals surface area contributed by atoms with E-state index < -0.39 is 0 Å². The number of hydrogen-bond acceptors (Lipinski definition) is 5. The van der Waals surface area contributed by atoms with E-state index >= 15 is 0 Å². The highest BCUT2D eigenvalue weighted by Gasteiger charge is 2.17. The van der Waals surface area contributed by atoms with Crippen molar-refractivity contribution >= 4 is 33.1 Å². The van der Waals surface area contributed by atoms with Crippen LogP contribution < -0.4 is 10.1 Å². The normalized spacial score (nSPS) is 14.5. The van der Waals surface area contributed by atoms with Crippen molar-refractivity contribution in [1.29, 1.82) is 0 Å². The lowest BCUT2D eigenvalue weighted by Crippen LogP contribution is -2.34. The van der Waals surface area contributed by atoms with Crippen molar-refractivity contribution in [3.05, 3.63) is 78.2 Å². The largest absolute Gasteiger partial charge is 0.489 e. The minimum atomic E-state index is -0.187. The molecule has 37 heavy (non-hydrogen) atoms. The van der Waals surface area contributed by atoms with E-state index in [-0.39, 0.29) is 11.2 Å². The minimum absolute atomic E-state index is 0.187. The van der Waals surface area contributed by atoms with E-state index in [4.69, 9.17) is 4.74 Å². The van der Waals surface area contributed by atoms with Crippen LogP contribution in [0.4, 0.5) is 4.39 Å². The van der Waals surface area contributed by atoms with Gasteiger partial charge in [0, 0.05) is 38.5 Å². The van der Waals surface area contributed by atoms with Gasteiger partial charge in [-0.1, -0.05) is 18.2 Å². The molecular weight excluding hydrogens is 485 g/mol. The Bertz CT molecular complexity index is 1730. The minimum Gasteiger partial charge on any atom is -0.489 e. The first-order valence-electron chi connectivity index (χ1n) is 12.4. The van der Waals surface area contributed by atoms with E-state index in [9.17, 15) is 4.39 Å². The van der Waals surface area contributed by atoms with Gasteiger partial charge in [0.1, 0.15) is 17.5 Å². The summed E-state index contributed by atoms with van der Waals surface area (Å²) in [5, 5.41) is 13.0. The number of nitrogens with one attached hydrogen (secondary N) is 3. The molecular formula is C29H24FN5OS. The van der Waals surface area contributed by atoms with Gasteiger partial charge in [-0.25, -0.2) is 0 Å². The molecule has 3 N–H and O–H groups in total. The molecule has 1 aliphatic rings. The number of H-pyrrole nitrogens is 2. The van der Waals surface area contributed by atoms with E-state index in [1.807, 2.05) is 36.5 Å². The Morgan fingerprint density at radius 3 is 2.68 bits per heavy atom. The molecule has 1 fully saturated rings. The maximum absolute atomic E-state index is 13.7. The molecule has 2 aromatic carbocycles. The number of aromatic amines is 2. The molecule has 0 saturated carbocycles. The van der Waals surface area contributed by atoms with Crippen LogP contribution in [-0.2, 0) is 0 Å². The Labute approximate surface area is 216 Å². The predicted octanol–water partition coefficient (Wildman–Crippen LogP) is 6.77. The maximum Gasteiger partial charge on any atom is 0.176 e. The van der Waals surface area contributed by atoms with Crippen molar-refractivity contribution in [3.63, 3.8) is 0 Å². The molecule has 0 amide bonds. The number of pyridine rings is 1. The summed E-state index contributed by atoms with van der Waals surface area (Å²) in [6.07, 6.45) is 5.88. The lowest BCUT2D eigenvalue weighted by Gasteiger charge is -2.23. The number of rotatable bonds is 5. The van der Waals surface area contributed by atoms with E-state index in [1.165, 1.54) is 6.07 Å². The van der Waals surface area contributed by atoms with Crippen molar-refractivity contribution in [2.45, 2.75) is 18.9 Å². The number of nitrogens with zero attached hydrogens (tertiary/aromatic N) is 2. The highest BCUT2D eigenvalue weighted by Crippen LogP contribution is 2.37. The summed E-state index contributed by atoms with van der Waals surface area (Å²) in [6.45, 7) is 1.97. The Hall–Kier alpha value is -4.01. The number of ether oxygens (including phenoxy) is 1. The molecule has 6 aromatic rings. The fourth-order valence-electron chi connectivity index (χ4n) is 5.10. The van der Waals surface area contributed by atoms with Gasteiger partial charge < -0.3 is 15.0 Å². The number of thiophene rings is 1. The van der Waals surface area contributed by atoms with Crippen molar-refractivity contribution in [3.8, 4) is 38.7 Å². The molecule has 1 saturated heterocycles. The van der Waals surface area contributed by atoms with E-state index in [1.54, 1.807) is 6.20 Å². The quantitative estimate of drug-likeness (QED) is 0.240. The summed E-state index contributed by atoms with van der Waals surface area (Å²) in [5.74, 6) is 0.796. The molecule has 0 unspecified atom stereocenters. The highest BCUT2D eigenvalue weighted by molar-refractivity contribution is 7.14. The second-order valence-electron chi connectivity index (χ2n) is 9.36. The molecule has 4 aromatic heterocycles. The molecule has 1 aliphatic heterocycles. The molecule has 6 nitrogen and oxygen atoms in total. The van der Waals surface area contributed by atoms with Gasteiger partial charge in [-0.15, -0.1) is 11.3 Å². The summed E-state index contributed by atoms with van der Waals surface area (Å²) < 4.78 is 19.9. The van der Waals surface area contributed by atoms with Crippen LogP contribution in [0.1, 0.15) is 12.8 Å². The first-order valence-corrected chi connectivity index (χ1v) is 13.2. The highest BCUT2D eigenvalue weighted by atomic mass is 32.1. The molecule has 0 atom stereocenters. The Morgan fingerprint density at radius 1 is 0.892 bits per heavy atom. The van der Waals surface area contributed by atoms with Gasteiger partial charge in [-0.05, 0) is 74.0 Å². The lowest BCUT2D eigenvalue weighted by atomic mass is 10.0. The van der Waals surface area contributed by atoms with Gasteiger partial charge in [-0.2, -0.15) is 9.49 Å². The van der Waals surface area contributed by atoms with Crippen LogP contribution in [0.25, 0.3) is 54.8 Å². The van der Waals surface area contributed by atoms with Gasteiger partial charge >= 0.3 is 0 Å². The first kappa shape index (κ1) is 22.2. The number of halogens is 1. The van der Waals surface area contributed by atoms with Crippen molar-refractivity contribution < 1.29 is 9.13 Å². The smallest absolute Gasteiger partial charge is 0.176 e. The summed E-state index contributed by atoms with van der Waals surface area (Å²) in [4.78, 5) is 8.86. The Morgan fingerprint density at radius 2 is 1.81 bits per heavy atom. The third-order valence-corrected chi connectivity index (χ3v) is 7.86. The van der Waals surface area contributed by atoms with Crippen LogP contribution in [0.5, 0.6) is 5.75 Å². The zero-order valence-electron chi connectivity index (χ0n) is 19.9. The molecule has 7 rings (SSSR count). The lowest BCUT2D eigenvalue weighted by molar-refractivity contribution is 0.162. The van der Waals surface area contributed by atoms with Crippen molar-refractivity contribution in [2.24, 2.45) is 0 Å². The standard InChI is InChI=1S/C29H24FN5OS/c30-28-7-6-27(37-28)21-2-1-3-24-22(21)14-26(33-24)29-23-13-17(4-5-25(23)34-35-29)18-12-20(16-32-15-18)36-19-8-10-31-11-9-19/h1-7,12-16,19,31,33H,8-11H2,(H,34,35). The topological polar surface area (TPSA) is 78.6 Å². The van der Waals surface area contributed by atoms with Crippen molar-refractivity contribution in [2.75, 3.05) is 13.1 Å². The monoisotopic (exact) mass is 509 g/mol. The molecule has 0 spiro atoms. The van der Waals surface area contributed by atoms with Gasteiger partial charge in [0.25, 0.3) is 0 Å². The second-order valence-corrected chi connectivity index (χ2v) is 10.4. The number of piperidine rings is 1.